The van der Waals surface area contributed by atoms with Crippen molar-refractivity contribution >= 4 is 29.2 Å². The minimum absolute atomic E-state index is 0.00725. The molecule has 8 heteroatoms. The van der Waals surface area contributed by atoms with Crippen molar-refractivity contribution in [2.24, 2.45) is 0 Å². The number of halogens is 1. The van der Waals surface area contributed by atoms with Gasteiger partial charge in [0.15, 0.2) is 5.82 Å². The summed E-state index contributed by atoms with van der Waals surface area (Å²) in [5, 5.41) is 19.1. The number of rotatable bonds is 3. The van der Waals surface area contributed by atoms with Crippen LogP contribution in [0.5, 0.6) is 0 Å². The van der Waals surface area contributed by atoms with Crippen molar-refractivity contribution in [1.82, 2.24) is 15.2 Å². The van der Waals surface area contributed by atoms with Crippen LogP contribution >= 0.6 is 11.6 Å². The number of nitrogens with zero attached hydrogens (tertiary/aromatic N) is 3. The SMILES string of the molecule is Cc1cc(Nc2nc(Cl)c(C#N)c(C(=O)OC(C)(C)C)c2C)n[nH]1. The molecule has 24 heavy (non-hydrogen) atoms. The fourth-order valence-corrected chi connectivity index (χ4v) is 2.28. The van der Waals surface area contributed by atoms with Gasteiger partial charge in [-0.3, -0.25) is 5.10 Å². The second kappa shape index (κ2) is 6.49. The summed E-state index contributed by atoms with van der Waals surface area (Å²) >= 11 is 6.08. The lowest BCUT2D eigenvalue weighted by atomic mass is 10.0. The first-order chi connectivity index (χ1) is 11.1. The number of pyridine rings is 1. The van der Waals surface area contributed by atoms with E-state index in [4.69, 9.17) is 16.3 Å². The molecule has 0 aliphatic rings. The molecule has 0 amide bonds. The van der Waals surface area contributed by atoms with Crippen LogP contribution in [0.4, 0.5) is 11.6 Å². The zero-order valence-corrected chi connectivity index (χ0v) is 14.9. The summed E-state index contributed by atoms with van der Waals surface area (Å²) < 4.78 is 5.39. The summed E-state index contributed by atoms with van der Waals surface area (Å²) in [4.78, 5) is 16.7. The number of nitriles is 1. The average molecular weight is 348 g/mol. The molecular weight excluding hydrogens is 330 g/mol. The van der Waals surface area contributed by atoms with Crippen molar-refractivity contribution < 1.29 is 9.53 Å². The van der Waals surface area contributed by atoms with Crippen LogP contribution in [-0.4, -0.2) is 26.8 Å². The van der Waals surface area contributed by atoms with E-state index in [1.165, 1.54) is 0 Å². The smallest absolute Gasteiger partial charge is 0.340 e. The first kappa shape index (κ1) is 17.8. The number of anilines is 2. The highest BCUT2D eigenvalue weighted by Gasteiger charge is 2.26. The lowest BCUT2D eigenvalue weighted by Gasteiger charge is -2.21. The Labute approximate surface area is 145 Å². The van der Waals surface area contributed by atoms with Crippen LogP contribution in [0, 0.1) is 25.2 Å². The molecule has 0 fully saturated rings. The van der Waals surface area contributed by atoms with E-state index in [-0.39, 0.29) is 16.3 Å². The summed E-state index contributed by atoms with van der Waals surface area (Å²) in [5.74, 6) is 0.243. The van der Waals surface area contributed by atoms with E-state index in [2.05, 4.69) is 20.5 Å². The van der Waals surface area contributed by atoms with Crippen LogP contribution < -0.4 is 5.32 Å². The van der Waals surface area contributed by atoms with Crippen molar-refractivity contribution in [2.45, 2.75) is 40.2 Å². The van der Waals surface area contributed by atoms with E-state index < -0.39 is 11.6 Å². The number of hydrogen-bond donors (Lipinski definition) is 2. The predicted octanol–water partition coefficient (Wildman–Crippen LogP) is 3.65. The number of esters is 1. The number of aromatic amines is 1. The quantitative estimate of drug-likeness (QED) is 0.648. The molecule has 2 N–H and O–H groups in total. The lowest BCUT2D eigenvalue weighted by molar-refractivity contribution is 0.00683. The minimum Gasteiger partial charge on any atom is -0.456 e. The number of aromatic nitrogens is 3. The molecule has 2 heterocycles. The molecule has 0 aromatic carbocycles. The standard InChI is InChI=1S/C16H18ClN5O2/c1-8-6-11(22-21-8)19-14-9(2)12(10(7-18)13(17)20-14)15(23)24-16(3,4)5/h6H,1-5H3,(H2,19,20,21,22). The minimum atomic E-state index is -0.696. The Morgan fingerprint density at radius 1 is 1.42 bits per heavy atom. The Hall–Kier alpha value is -2.59. The molecule has 0 aliphatic carbocycles. The third-order valence-electron chi connectivity index (χ3n) is 3.06. The van der Waals surface area contributed by atoms with Gasteiger partial charge < -0.3 is 10.1 Å². The monoisotopic (exact) mass is 347 g/mol. The van der Waals surface area contributed by atoms with Gasteiger partial charge in [-0.25, -0.2) is 9.78 Å². The number of carbonyl (C=O) groups is 1. The van der Waals surface area contributed by atoms with Crippen LogP contribution in [0.2, 0.25) is 5.15 Å². The van der Waals surface area contributed by atoms with E-state index >= 15 is 0 Å². The van der Waals surface area contributed by atoms with Crippen molar-refractivity contribution in [2.75, 3.05) is 5.32 Å². The van der Waals surface area contributed by atoms with Gasteiger partial charge in [0, 0.05) is 17.3 Å². The molecule has 0 spiro atoms. The number of nitrogens with one attached hydrogen (secondary N) is 2. The summed E-state index contributed by atoms with van der Waals surface area (Å²) in [6.45, 7) is 8.78. The fourth-order valence-electron chi connectivity index (χ4n) is 2.06. The maximum atomic E-state index is 12.5. The largest absolute Gasteiger partial charge is 0.456 e. The van der Waals surface area contributed by atoms with Gasteiger partial charge in [0.05, 0.1) is 5.56 Å². The van der Waals surface area contributed by atoms with Gasteiger partial charge in [-0.1, -0.05) is 11.6 Å². The molecule has 2 rings (SSSR count). The van der Waals surface area contributed by atoms with E-state index in [1.54, 1.807) is 33.8 Å². The summed E-state index contributed by atoms with van der Waals surface area (Å²) in [7, 11) is 0. The third kappa shape index (κ3) is 3.84. The Morgan fingerprint density at radius 3 is 2.58 bits per heavy atom. The van der Waals surface area contributed by atoms with E-state index in [1.807, 2.05) is 13.0 Å². The zero-order chi connectivity index (χ0) is 18.1. The highest BCUT2D eigenvalue weighted by Crippen LogP contribution is 2.29. The highest BCUT2D eigenvalue weighted by atomic mass is 35.5. The number of ether oxygens (including phenoxy) is 1. The lowest BCUT2D eigenvalue weighted by Crippen LogP contribution is -2.25. The van der Waals surface area contributed by atoms with Gasteiger partial charge in [0.1, 0.15) is 28.2 Å². The first-order valence-electron chi connectivity index (χ1n) is 7.25. The van der Waals surface area contributed by atoms with Crippen molar-refractivity contribution in [3.8, 4) is 6.07 Å². The molecular formula is C16H18ClN5O2. The van der Waals surface area contributed by atoms with E-state index in [0.717, 1.165) is 5.69 Å². The maximum absolute atomic E-state index is 12.5. The predicted molar refractivity (Wildman–Crippen MR) is 90.5 cm³/mol. The fraction of sp³-hybridized carbons (Fsp3) is 0.375. The molecule has 2 aromatic rings. The third-order valence-corrected chi connectivity index (χ3v) is 3.34. The van der Waals surface area contributed by atoms with Crippen molar-refractivity contribution in [3.63, 3.8) is 0 Å². The molecule has 0 aliphatic heterocycles. The molecule has 0 radical (unpaired) electrons. The van der Waals surface area contributed by atoms with Crippen LogP contribution in [0.25, 0.3) is 0 Å². The molecule has 0 bridgehead atoms. The van der Waals surface area contributed by atoms with Crippen LogP contribution in [0.3, 0.4) is 0 Å². The molecule has 126 valence electrons. The molecule has 7 nitrogen and oxygen atoms in total. The second-order valence-corrected chi connectivity index (χ2v) is 6.66. The van der Waals surface area contributed by atoms with Gasteiger partial charge in [0.2, 0.25) is 0 Å². The van der Waals surface area contributed by atoms with Crippen molar-refractivity contribution in [3.05, 3.63) is 33.6 Å². The molecule has 0 saturated carbocycles. The average Bonchev–Trinajstić information content (AvgIpc) is 2.85. The maximum Gasteiger partial charge on any atom is 0.340 e. The highest BCUT2D eigenvalue weighted by molar-refractivity contribution is 6.31. The second-order valence-electron chi connectivity index (χ2n) is 6.30. The van der Waals surface area contributed by atoms with E-state index in [9.17, 15) is 10.1 Å². The van der Waals surface area contributed by atoms with Crippen LogP contribution in [-0.2, 0) is 4.74 Å². The van der Waals surface area contributed by atoms with Crippen LogP contribution in [0.1, 0.15) is 48.0 Å². The van der Waals surface area contributed by atoms with Gasteiger partial charge >= 0.3 is 5.97 Å². The number of H-pyrrole nitrogens is 1. The normalized spacial score (nSPS) is 11.0. The Balaban J connectivity index is 2.52. The summed E-state index contributed by atoms with van der Waals surface area (Å²) in [5.41, 5.74) is 0.723. The summed E-state index contributed by atoms with van der Waals surface area (Å²) in [6, 6.07) is 3.70. The molecule has 0 saturated heterocycles. The Morgan fingerprint density at radius 2 is 2.08 bits per heavy atom. The number of aryl methyl sites for hydroxylation is 1. The zero-order valence-electron chi connectivity index (χ0n) is 14.1. The Bertz CT molecular complexity index is 830. The molecule has 2 aromatic heterocycles. The molecule has 0 atom stereocenters. The van der Waals surface area contributed by atoms with Gasteiger partial charge in [-0.2, -0.15) is 10.4 Å². The van der Waals surface area contributed by atoms with Gasteiger partial charge in [-0.05, 0) is 34.6 Å². The van der Waals surface area contributed by atoms with Crippen LogP contribution in [0.15, 0.2) is 6.07 Å². The van der Waals surface area contributed by atoms with Gasteiger partial charge in [0.25, 0.3) is 0 Å². The topological polar surface area (TPSA) is 104 Å². The molecule has 0 unspecified atom stereocenters. The van der Waals surface area contributed by atoms with E-state index in [0.29, 0.717) is 17.2 Å². The number of hydrogen-bond acceptors (Lipinski definition) is 6. The van der Waals surface area contributed by atoms with Gasteiger partial charge in [-0.15, -0.1) is 0 Å². The van der Waals surface area contributed by atoms with Crippen molar-refractivity contribution in [1.29, 1.82) is 5.26 Å². The number of carbonyl (C=O) groups excluding carboxylic acids is 1. The first-order valence-corrected chi connectivity index (χ1v) is 7.62. The Kier molecular flexibility index (Phi) is 4.81. The summed E-state index contributed by atoms with van der Waals surface area (Å²) in [6.07, 6.45) is 0.